The highest BCUT2D eigenvalue weighted by Gasteiger charge is 2.11. The number of aromatic nitrogens is 2. The Bertz CT molecular complexity index is 882. The van der Waals surface area contributed by atoms with Crippen molar-refractivity contribution in [2.75, 3.05) is 18.5 Å². The molecule has 116 valence electrons. The molecule has 0 aliphatic heterocycles. The fourth-order valence-corrected chi connectivity index (χ4v) is 2.80. The van der Waals surface area contributed by atoms with E-state index in [1.54, 1.807) is 0 Å². The number of rotatable bonds is 5. The molecule has 0 aliphatic carbocycles. The Morgan fingerprint density at radius 3 is 2.96 bits per heavy atom. The highest BCUT2D eigenvalue weighted by atomic mass is 127. The van der Waals surface area contributed by atoms with E-state index < -0.39 is 0 Å². The molecule has 0 radical (unpaired) electrons. The summed E-state index contributed by atoms with van der Waals surface area (Å²) < 4.78 is 5.01. The number of fused-ring (bicyclic) bond motifs is 1. The summed E-state index contributed by atoms with van der Waals surface area (Å²) in [5.41, 5.74) is 5.32. The molecule has 0 saturated heterocycles. The van der Waals surface area contributed by atoms with Crippen LogP contribution in [0.3, 0.4) is 0 Å². The summed E-state index contributed by atoms with van der Waals surface area (Å²) in [5, 5.41) is 13.5. The van der Waals surface area contributed by atoms with Crippen LogP contribution < -0.4 is 5.32 Å². The van der Waals surface area contributed by atoms with Gasteiger partial charge in [0, 0.05) is 23.7 Å². The summed E-state index contributed by atoms with van der Waals surface area (Å²) in [6, 6.07) is 11.9. The Morgan fingerprint density at radius 2 is 2.22 bits per heavy atom. The molecule has 1 aromatic carbocycles. The third-order valence-electron chi connectivity index (χ3n) is 3.69. The second kappa shape index (κ2) is 6.98. The molecule has 0 fully saturated rings. The smallest absolute Gasteiger partial charge is 0.109 e. The van der Waals surface area contributed by atoms with Gasteiger partial charge < -0.3 is 13.4 Å². The predicted octanol–water partition coefficient (Wildman–Crippen LogP) is 4.19. The zero-order valence-corrected chi connectivity index (χ0v) is 14.7. The Hall–Kier alpha value is -2.11. The molecular weight excluding hydrogens is 403 g/mol. The van der Waals surface area contributed by atoms with E-state index in [0.717, 1.165) is 40.1 Å². The number of halogens is 1. The van der Waals surface area contributed by atoms with Gasteiger partial charge in [-0.1, -0.05) is 12.1 Å². The minimum Gasteiger partial charge on any atom is -0.381 e. The van der Waals surface area contributed by atoms with Gasteiger partial charge in [-0.05, 0) is 25.1 Å². The molecular formula is C17H15IN4O. The summed E-state index contributed by atoms with van der Waals surface area (Å²) in [6.45, 7) is 3.36. The van der Waals surface area contributed by atoms with Crippen molar-refractivity contribution >= 4 is 39.6 Å². The van der Waals surface area contributed by atoms with Crippen LogP contribution in [0, 0.1) is 18.3 Å². The Morgan fingerprint density at radius 1 is 1.35 bits per heavy atom. The fourth-order valence-electron chi connectivity index (χ4n) is 2.58. The van der Waals surface area contributed by atoms with Crippen molar-refractivity contribution in [3.63, 3.8) is 0 Å². The highest BCUT2D eigenvalue weighted by molar-refractivity contribution is 14.1. The Labute approximate surface area is 148 Å². The standard InChI is InChI=1S/C17H15IN4O/c1-11-15(20-7-8-23-18)5-6-16(22-11)14-10-21-17-12(9-19)3-2-4-13(14)17/h2-6,10,20-21H,7-8H2,1H3. The largest absolute Gasteiger partial charge is 0.381 e. The third kappa shape index (κ3) is 3.16. The number of pyridine rings is 1. The van der Waals surface area contributed by atoms with E-state index in [9.17, 15) is 5.26 Å². The maximum absolute atomic E-state index is 9.19. The lowest BCUT2D eigenvalue weighted by atomic mass is 10.1. The van der Waals surface area contributed by atoms with Crippen molar-refractivity contribution in [2.45, 2.75) is 6.92 Å². The van der Waals surface area contributed by atoms with E-state index in [-0.39, 0.29) is 0 Å². The topological polar surface area (TPSA) is 73.7 Å². The third-order valence-corrected chi connectivity index (χ3v) is 4.13. The van der Waals surface area contributed by atoms with Crippen LogP contribution in [0.2, 0.25) is 0 Å². The lowest BCUT2D eigenvalue weighted by Crippen LogP contribution is -2.08. The molecule has 2 heterocycles. The van der Waals surface area contributed by atoms with Crippen molar-refractivity contribution < 1.29 is 3.07 Å². The first-order chi connectivity index (χ1) is 11.2. The monoisotopic (exact) mass is 418 g/mol. The molecule has 3 rings (SSSR count). The summed E-state index contributed by atoms with van der Waals surface area (Å²) in [5.74, 6) is 0. The number of benzene rings is 1. The van der Waals surface area contributed by atoms with Crippen LogP contribution >= 0.6 is 23.0 Å². The fraction of sp³-hybridized carbons (Fsp3) is 0.176. The van der Waals surface area contributed by atoms with E-state index in [1.165, 1.54) is 0 Å². The molecule has 2 N–H and O–H groups in total. The number of para-hydroxylation sites is 1. The molecule has 0 unspecified atom stereocenters. The Kier molecular flexibility index (Phi) is 4.79. The van der Waals surface area contributed by atoms with Crippen LogP contribution in [-0.2, 0) is 3.07 Å². The molecule has 2 aromatic heterocycles. The number of nitriles is 1. The van der Waals surface area contributed by atoms with Crippen molar-refractivity contribution in [2.24, 2.45) is 0 Å². The van der Waals surface area contributed by atoms with Gasteiger partial charge in [0.25, 0.3) is 0 Å². The number of H-pyrrole nitrogens is 1. The van der Waals surface area contributed by atoms with Crippen molar-refractivity contribution in [3.8, 4) is 17.3 Å². The van der Waals surface area contributed by atoms with Gasteiger partial charge in [0.1, 0.15) is 29.1 Å². The van der Waals surface area contributed by atoms with Gasteiger partial charge in [-0.3, -0.25) is 4.98 Å². The molecule has 0 aliphatic rings. The van der Waals surface area contributed by atoms with E-state index in [2.05, 4.69) is 16.4 Å². The predicted molar refractivity (Wildman–Crippen MR) is 99.4 cm³/mol. The van der Waals surface area contributed by atoms with Crippen LogP contribution in [0.1, 0.15) is 11.3 Å². The number of aromatic amines is 1. The van der Waals surface area contributed by atoms with Gasteiger partial charge in [0.2, 0.25) is 0 Å². The van der Waals surface area contributed by atoms with Gasteiger partial charge in [-0.25, -0.2) is 0 Å². The zero-order chi connectivity index (χ0) is 16.2. The molecule has 5 nitrogen and oxygen atoms in total. The van der Waals surface area contributed by atoms with Crippen LogP contribution in [0.4, 0.5) is 5.69 Å². The highest BCUT2D eigenvalue weighted by Crippen LogP contribution is 2.30. The van der Waals surface area contributed by atoms with Crippen LogP contribution in [0.5, 0.6) is 0 Å². The maximum Gasteiger partial charge on any atom is 0.109 e. The molecule has 23 heavy (non-hydrogen) atoms. The van der Waals surface area contributed by atoms with Gasteiger partial charge in [0.05, 0.1) is 34.8 Å². The van der Waals surface area contributed by atoms with E-state index in [0.29, 0.717) is 12.2 Å². The number of nitrogens with one attached hydrogen (secondary N) is 2. The van der Waals surface area contributed by atoms with Crippen LogP contribution in [-0.4, -0.2) is 23.1 Å². The average Bonchev–Trinajstić information content (AvgIpc) is 3.00. The van der Waals surface area contributed by atoms with Gasteiger partial charge >= 0.3 is 0 Å². The molecule has 0 spiro atoms. The number of hydrogen-bond acceptors (Lipinski definition) is 4. The first-order valence-corrected chi connectivity index (χ1v) is 8.08. The van der Waals surface area contributed by atoms with Crippen LogP contribution in [0.15, 0.2) is 36.5 Å². The first kappa shape index (κ1) is 15.8. The Balaban J connectivity index is 1.97. The maximum atomic E-state index is 9.19. The normalized spacial score (nSPS) is 10.7. The van der Waals surface area contributed by atoms with Gasteiger partial charge in [0.15, 0.2) is 0 Å². The molecule has 0 saturated carbocycles. The molecule has 3 aromatic rings. The number of hydrogen-bond donors (Lipinski definition) is 2. The average molecular weight is 418 g/mol. The summed E-state index contributed by atoms with van der Waals surface area (Å²) >= 11 is 1.88. The molecule has 0 amide bonds. The van der Waals surface area contributed by atoms with Gasteiger partial charge in [-0.15, -0.1) is 0 Å². The van der Waals surface area contributed by atoms with Crippen molar-refractivity contribution in [1.82, 2.24) is 9.97 Å². The minimum absolute atomic E-state index is 0.640. The van der Waals surface area contributed by atoms with E-state index in [1.807, 2.05) is 66.5 Å². The number of nitrogens with zero attached hydrogens (tertiary/aromatic N) is 2. The summed E-state index contributed by atoms with van der Waals surface area (Å²) in [7, 11) is 0. The quantitative estimate of drug-likeness (QED) is 0.482. The van der Waals surface area contributed by atoms with E-state index in [4.69, 9.17) is 8.05 Å². The zero-order valence-electron chi connectivity index (χ0n) is 12.6. The molecule has 0 atom stereocenters. The minimum atomic E-state index is 0.640. The van der Waals surface area contributed by atoms with Crippen molar-refractivity contribution in [3.05, 3.63) is 47.8 Å². The molecule has 0 bridgehead atoms. The van der Waals surface area contributed by atoms with Gasteiger partial charge in [-0.2, -0.15) is 5.26 Å². The second-order valence-electron chi connectivity index (χ2n) is 5.11. The number of aryl methyl sites for hydroxylation is 1. The van der Waals surface area contributed by atoms with Crippen LogP contribution in [0.25, 0.3) is 22.2 Å². The van der Waals surface area contributed by atoms with E-state index >= 15 is 0 Å². The lowest BCUT2D eigenvalue weighted by molar-refractivity contribution is 0.446. The molecule has 6 heteroatoms. The second-order valence-corrected chi connectivity index (χ2v) is 5.73. The summed E-state index contributed by atoms with van der Waals surface area (Å²) in [6.07, 6.45) is 1.91. The summed E-state index contributed by atoms with van der Waals surface area (Å²) in [4.78, 5) is 7.88. The SMILES string of the molecule is Cc1nc(-c2c[nH]c3c(C#N)cccc23)ccc1NCCOI. The lowest BCUT2D eigenvalue weighted by Gasteiger charge is -2.09. The van der Waals surface area contributed by atoms with Crippen molar-refractivity contribution in [1.29, 1.82) is 5.26 Å². The number of anilines is 1. The first-order valence-electron chi connectivity index (χ1n) is 7.20.